The number of hydrogen-bond donors (Lipinski definition) is 0. The molecule has 2 rings (SSSR count). The van der Waals surface area contributed by atoms with E-state index in [9.17, 15) is 9.59 Å². The number of halogens is 1. The van der Waals surface area contributed by atoms with Crippen molar-refractivity contribution >= 4 is 33.4 Å². The fourth-order valence-corrected chi connectivity index (χ4v) is 2.62. The van der Waals surface area contributed by atoms with E-state index in [-0.39, 0.29) is 17.2 Å². The van der Waals surface area contributed by atoms with Crippen molar-refractivity contribution < 1.29 is 9.59 Å². The minimum absolute atomic E-state index is 0.113. The van der Waals surface area contributed by atoms with Crippen LogP contribution in [0.4, 0.5) is 5.69 Å². The molecule has 0 saturated carbocycles. The van der Waals surface area contributed by atoms with Crippen LogP contribution in [0.25, 0.3) is 0 Å². The van der Waals surface area contributed by atoms with Crippen molar-refractivity contribution in [3.63, 3.8) is 0 Å². The largest absolute Gasteiger partial charge is 0.274 e. The van der Waals surface area contributed by atoms with Crippen LogP contribution in [0.3, 0.4) is 0 Å². The number of amides is 2. The minimum Gasteiger partial charge on any atom is -0.274 e. The molecule has 0 N–H and O–H groups in total. The fourth-order valence-electron chi connectivity index (χ4n) is 2.27. The first-order valence-electron chi connectivity index (χ1n) is 5.92. The Morgan fingerprint density at radius 2 is 1.72 bits per heavy atom. The highest BCUT2D eigenvalue weighted by molar-refractivity contribution is 9.10. The number of piperidine rings is 1. The molecule has 18 heavy (non-hydrogen) atoms. The van der Waals surface area contributed by atoms with E-state index in [0.717, 1.165) is 10.0 Å². The normalized spacial score (nSPS) is 19.2. The Morgan fingerprint density at radius 3 is 2.28 bits per heavy atom. The highest BCUT2D eigenvalue weighted by atomic mass is 79.9. The van der Waals surface area contributed by atoms with Crippen LogP contribution in [-0.4, -0.2) is 11.8 Å². The molecular weight excluding hydrogens is 294 g/mol. The number of anilines is 1. The third kappa shape index (κ3) is 2.48. The Balaban J connectivity index is 2.42. The number of carbonyl (C=O) groups is 2. The van der Waals surface area contributed by atoms with Gasteiger partial charge in [0.25, 0.3) is 0 Å². The van der Waals surface area contributed by atoms with Crippen molar-refractivity contribution in [1.82, 2.24) is 0 Å². The summed E-state index contributed by atoms with van der Waals surface area (Å²) in [5, 5.41) is 0. The van der Waals surface area contributed by atoms with Gasteiger partial charge in [-0.1, -0.05) is 35.8 Å². The summed E-state index contributed by atoms with van der Waals surface area (Å²) in [6, 6.07) is 5.63. The first kappa shape index (κ1) is 13.3. The molecule has 4 heteroatoms. The SMILES string of the molecule is Cc1ccc(Br)cc1N1C(=O)CC(C)(C)CC1=O. The Bertz CT molecular complexity index is 503. The van der Waals surface area contributed by atoms with Crippen molar-refractivity contribution in [2.75, 3.05) is 4.90 Å². The maximum absolute atomic E-state index is 12.2. The van der Waals surface area contributed by atoms with Crippen molar-refractivity contribution in [2.24, 2.45) is 5.41 Å². The van der Waals surface area contributed by atoms with Crippen LogP contribution in [0.2, 0.25) is 0 Å². The van der Waals surface area contributed by atoms with Crippen LogP contribution in [0.1, 0.15) is 32.3 Å². The molecule has 2 amide bonds. The second kappa shape index (κ2) is 4.50. The summed E-state index contributed by atoms with van der Waals surface area (Å²) in [6.45, 7) is 5.81. The molecule has 1 aliphatic rings. The van der Waals surface area contributed by atoms with Crippen molar-refractivity contribution in [2.45, 2.75) is 33.6 Å². The monoisotopic (exact) mass is 309 g/mol. The predicted octanol–water partition coefficient (Wildman–Crippen LogP) is 3.44. The van der Waals surface area contributed by atoms with Gasteiger partial charge < -0.3 is 0 Å². The second-order valence-electron chi connectivity index (χ2n) is 5.57. The zero-order valence-electron chi connectivity index (χ0n) is 10.8. The molecule has 1 aromatic carbocycles. The number of carbonyl (C=O) groups excluding carboxylic acids is 2. The topological polar surface area (TPSA) is 37.4 Å². The lowest BCUT2D eigenvalue weighted by molar-refractivity contribution is -0.132. The van der Waals surface area contributed by atoms with E-state index in [1.807, 2.05) is 39.0 Å². The molecule has 1 aliphatic heterocycles. The fraction of sp³-hybridized carbons (Fsp3) is 0.429. The van der Waals surface area contributed by atoms with Crippen molar-refractivity contribution in [1.29, 1.82) is 0 Å². The molecule has 1 aromatic rings. The van der Waals surface area contributed by atoms with Crippen LogP contribution in [0, 0.1) is 12.3 Å². The molecule has 0 atom stereocenters. The molecule has 0 radical (unpaired) electrons. The Kier molecular flexibility index (Phi) is 3.32. The number of nitrogens with zero attached hydrogens (tertiary/aromatic N) is 1. The van der Waals surface area contributed by atoms with E-state index in [4.69, 9.17) is 0 Å². The first-order chi connectivity index (χ1) is 8.30. The van der Waals surface area contributed by atoms with Gasteiger partial charge in [0.2, 0.25) is 11.8 Å². The number of aryl methyl sites for hydroxylation is 1. The lowest BCUT2D eigenvalue weighted by Crippen LogP contribution is -2.46. The van der Waals surface area contributed by atoms with Gasteiger partial charge in [-0.3, -0.25) is 14.5 Å². The van der Waals surface area contributed by atoms with Gasteiger partial charge in [-0.25, -0.2) is 0 Å². The van der Waals surface area contributed by atoms with E-state index in [2.05, 4.69) is 15.9 Å². The maximum Gasteiger partial charge on any atom is 0.234 e. The summed E-state index contributed by atoms with van der Waals surface area (Å²) < 4.78 is 0.869. The average Bonchev–Trinajstić information content (AvgIpc) is 2.20. The van der Waals surface area contributed by atoms with Crippen LogP contribution in [0.15, 0.2) is 22.7 Å². The molecular formula is C14H16BrNO2. The van der Waals surface area contributed by atoms with Crippen molar-refractivity contribution in [3.05, 3.63) is 28.2 Å². The van der Waals surface area contributed by atoms with E-state index >= 15 is 0 Å². The summed E-state index contributed by atoms with van der Waals surface area (Å²) in [5.74, 6) is -0.227. The van der Waals surface area contributed by atoms with Gasteiger partial charge in [0, 0.05) is 17.3 Å². The summed E-state index contributed by atoms with van der Waals surface area (Å²) >= 11 is 3.38. The lowest BCUT2D eigenvalue weighted by Gasteiger charge is -2.35. The minimum atomic E-state index is -0.232. The van der Waals surface area contributed by atoms with Crippen molar-refractivity contribution in [3.8, 4) is 0 Å². The molecule has 1 saturated heterocycles. The van der Waals surface area contributed by atoms with E-state index < -0.39 is 0 Å². The Hall–Kier alpha value is -1.16. The highest BCUT2D eigenvalue weighted by Crippen LogP contribution is 2.35. The quantitative estimate of drug-likeness (QED) is 0.745. The third-order valence-corrected chi connectivity index (χ3v) is 3.66. The molecule has 0 bridgehead atoms. The number of imide groups is 1. The Labute approximate surface area is 115 Å². The van der Waals surface area contributed by atoms with Gasteiger partial charge in [0.1, 0.15) is 0 Å². The van der Waals surface area contributed by atoms with Gasteiger partial charge in [0.05, 0.1) is 5.69 Å². The van der Waals surface area contributed by atoms with Crippen LogP contribution in [-0.2, 0) is 9.59 Å². The zero-order valence-corrected chi connectivity index (χ0v) is 12.4. The maximum atomic E-state index is 12.2. The standard InChI is InChI=1S/C14H16BrNO2/c1-9-4-5-10(15)6-11(9)16-12(17)7-14(2,3)8-13(16)18/h4-6H,7-8H2,1-3H3. The Morgan fingerprint density at radius 1 is 1.17 bits per heavy atom. The number of benzene rings is 1. The first-order valence-corrected chi connectivity index (χ1v) is 6.71. The van der Waals surface area contributed by atoms with Gasteiger partial charge >= 0.3 is 0 Å². The zero-order chi connectivity index (χ0) is 13.5. The molecule has 3 nitrogen and oxygen atoms in total. The molecule has 1 heterocycles. The van der Waals surface area contributed by atoms with Crippen LogP contribution < -0.4 is 4.90 Å². The number of rotatable bonds is 1. The second-order valence-corrected chi connectivity index (χ2v) is 6.49. The average molecular weight is 310 g/mol. The molecule has 0 unspecified atom stereocenters. The van der Waals surface area contributed by atoms with Gasteiger partial charge in [0.15, 0.2) is 0 Å². The van der Waals surface area contributed by atoms with Gasteiger partial charge in [-0.05, 0) is 30.0 Å². The molecule has 0 spiro atoms. The van der Waals surface area contributed by atoms with E-state index in [1.54, 1.807) is 0 Å². The smallest absolute Gasteiger partial charge is 0.234 e. The van der Waals surface area contributed by atoms with Gasteiger partial charge in [-0.15, -0.1) is 0 Å². The molecule has 1 fully saturated rings. The summed E-state index contributed by atoms with van der Waals surface area (Å²) in [6.07, 6.45) is 0.815. The van der Waals surface area contributed by atoms with Gasteiger partial charge in [-0.2, -0.15) is 0 Å². The van der Waals surface area contributed by atoms with E-state index in [1.165, 1.54) is 4.90 Å². The third-order valence-electron chi connectivity index (χ3n) is 3.17. The molecule has 0 aliphatic carbocycles. The number of hydrogen-bond acceptors (Lipinski definition) is 2. The van der Waals surface area contributed by atoms with Crippen LogP contribution in [0.5, 0.6) is 0 Å². The van der Waals surface area contributed by atoms with E-state index in [0.29, 0.717) is 18.5 Å². The predicted molar refractivity (Wildman–Crippen MR) is 74.4 cm³/mol. The summed E-state index contributed by atoms with van der Waals surface area (Å²) in [4.78, 5) is 25.7. The molecule has 96 valence electrons. The highest BCUT2D eigenvalue weighted by Gasteiger charge is 2.38. The molecule has 0 aromatic heterocycles. The van der Waals surface area contributed by atoms with Crippen LogP contribution >= 0.6 is 15.9 Å². The summed E-state index contributed by atoms with van der Waals surface area (Å²) in [5.41, 5.74) is 1.39. The summed E-state index contributed by atoms with van der Waals surface area (Å²) in [7, 11) is 0. The lowest BCUT2D eigenvalue weighted by atomic mass is 9.81.